The van der Waals surface area contributed by atoms with E-state index in [4.69, 9.17) is 0 Å². The van der Waals surface area contributed by atoms with Crippen molar-refractivity contribution in [3.63, 3.8) is 0 Å². The van der Waals surface area contributed by atoms with Crippen LogP contribution in [0.2, 0.25) is 0 Å². The summed E-state index contributed by atoms with van der Waals surface area (Å²) in [5.74, 6) is 0. The van der Waals surface area contributed by atoms with Crippen molar-refractivity contribution >= 4 is 65.8 Å². The lowest BCUT2D eigenvalue weighted by Gasteiger charge is -2.20. The standard InChI is InChI=1S/C60H30N6/c61-31-49(34-13-19-64-20-14-34)52-43-25-37-7-1-4-10-40(37)28-46(43)55-58(52)56-47-29-41-11-5-2-8-38(41)26-44(47)54(51(33-63)36-17-23-66-24-18-36)60(56)57-48-30-42-12-6-3-9-39(42)27-45(48)53(59(55)57)50(32-62)35-15-21-65-22-16-35/h1-30H. The molecule has 3 aliphatic rings. The predicted octanol–water partition coefficient (Wildman–Crippen LogP) is 13.7. The summed E-state index contributed by atoms with van der Waals surface area (Å²) in [6, 6.07) is 57.9. The average molecular weight is 835 g/mol. The number of nitriles is 3. The maximum Gasteiger partial charge on any atom is 0.100 e. The van der Waals surface area contributed by atoms with Crippen molar-refractivity contribution in [2.45, 2.75) is 0 Å². The highest BCUT2D eigenvalue weighted by Gasteiger charge is 2.45. The van der Waals surface area contributed by atoms with E-state index in [0.717, 1.165) is 132 Å². The maximum atomic E-state index is 11.5. The fourth-order valence-corrected chi connectivity index (χ4v) is 10.8. The fraction of sp³-hybridized carbons (Fsp3) is 0. The molecule has 0 atom stereocenters. The second-order valence-electron chi connectivity index (χ2n) is 16.8. The Morgan fingerprint density at radius 1 is 0.288 bits per heavy atom. The van der Waals surface area contributed by atoms with Crippen molar-refractivity contribution in [2.75, 3.05) is 0 Å². The van der Waals surface area contributed by atoms with Gasteiger partial charge in [-0.3, -0.25) is 15.0 Å². The monoisotopic (exact) mass is 834 g/mol. The normalized spacial score (nSPS) is 14.9. The second kappa shape index (κ2) is 14.2. The minimum Gasteiger partial charge on any atom is -0.265 e. The van der Waals surface area contributed by atoms with E-state index in [0.29, 0.717) is 16.7 Å². The summed E-state index contributed by atoms with van der Waals surface area (Å²) in [6.45, 7) is 0. The molecular formula is C60H30N6. The van der Waals surface area contributed by atoms with Crippen LogP contribution in [0.4, 0.5) is 0 Å². The number of hydrogen-bond donors (Lipinski definition) is 0. The van der Waals surface area contributed by atoms with Gasteiger partial charge < -0.3 is 0 Å². The van der Waals surface area contributed by atoms with Gasteiger partial charge in [0.1, 0.15) is 18.2 Å². The molecule has 0 radical (unpaired) electrons. The molecule has 13 rings (SSSR count). The highest BCUT2D eigenvalue weighted by Crippen LogP contribution is 2.66. The molecule has 10 aromatic rings. The summed E-state index contributed by atoms with van der Waals surface area (Å²) in [5, 5.41) is 40.9. The highest BCUT2D eigenvalue weighted by atomic mass is 14.6. The van der Waals surface area contributed by atoms with Crippen LogP contribution in [0.3, 0.4) is 0 Å². The van der Waals surface area contributed by atoms with Gasteiger partial charge >= 0.3 is 0 Å². The van der Waals surface area contributed by atoms with Gasteiger partial charge in [-0.05, 0) is 172 Å². The van der Waals surface area contributed by atoms with Crippen LogP contribution in [0.5, 0.6) is 0 Å². The van der Waals surface area contributed by atoms with Gasteiger partial charge in [-0.25, -0.2) is 0 Å². The molecule has 66 heavy (non-hydrogen) atoms. The fourth-order valence-electron chi connectivity index (χ4n) is 10.8. The van der Waals surface area contributed by atoms with E-state index >= 15 is 0 Å². The lowest BCUT2D eigenvalue weighted by molar-refractivity contribution is 1.32. The van der Waals surface area contributed by atoms with E-state index in [2.05, 4.69) is 124 Å². The molecular weight excluding hydrogens is 805 g/mol. The Labute approximate surface area is 379 Å². The van der Waals surface area contributed by atoms with Crippen molar-refractivity contribution in [2.24, 2.45) is 0 Å². The summed E-state index contributed by atoms with van der Waals surface area (Å²) in [5.41, 5.74) is 17.3. The third-order valence-corrected chi connectivity index (χ3v) is 13.5. The zero-order chi connectivity index (χ0) is 44.0. The first-order chi connectivity index (χ1) is 32.6. The van der Waals surface area contributed by atoms with E-state index in [9.17, 15) is 15.8 Å². The van der Waals surface area contributed by atoms with Crippen molar-refractivity contribution < 1.29 is 0 Å². The quantitative estimate of drug-likeness (QED) is 0.164. The van der Waals surface area contributed by atoms with Crippen molar-refractivity contribution in [1.82, 2.24) is 15.0 Å². The van der Waals surface area contributed by atoms with Gasteiger partial charge in [0, 0.05) is 70.6 Å². The van der Waals surface area contributed by atoms with E-state index < -0.39 is 0 Å². The third-order valence-electron chi connectivity index (χ3n) is 13.5. The first-order valence-electron chi connectivity index (χ1n) is 21.6. The molecule has 6 nitrogen and oxygen atoms in total. The Morgan fingerprint density at radius 3 is 0.742 bits per heavy atom. The van der Waals surface area contributed by atoms with Crippen LogP contribution in [-0.2, 0) is 0 Å². The number of pyridine rings is 3. The van der Waals surface area contributed by atoms with Gasteiger partial charge in [-0.2, -0.15) is 15.8 Å². The molecule has 0 amide bonds. The molecule has 0 aliphatic heterocycles. The van der Waals surface area contributed by atoms with Crippen molar-refractivity contribution in [3.8, 4) is 51.6 Å². The maximum absolute atomic E-state index is 11.5. The van der Waals surface area contributed by atoms with Crippen LogP contribution in [-0.4, -0.2) is 15.0 Å². The zero-order valence-corrected chi connectivity index (χ0v) is 35.0. The molecule has 0 N–H and O–H groups in total. The number of aromatic nitrogens is 3. The Bertz CT molecular complexity index is 3610. The number of nitrogens with zero attached hydrogens (tertiary/aromatic N) is 6. The molecule has 0 bridgehead atoms. The van der Waals surface area contributed by atoms with Gasteiger partial charge in [0.2, 0.25) is 0 Å². The van der Waals surface area contributed by atoms with Crippen LogP contribution < -0.4 is 0 Å². The van der Waals surface area contributed by atoms with E-state index in [1.165, 1.54) is 0 Å². The largest absolute Gasteiger partial charge is 0.265 e. The van der Waals surface area contributed by atoms with Gasteiger partial charge in [-0.1, -0.05) is 72.8 Å². The molecule has 3 aliphatic carbocycles. The first kappa shape index (κ1) is 37.1. The van der Waals surface area contributed by atoms with Crippen molar-refractivity contribution in [1.29, 1.82) is 15.8 Å². The predicted molar refractivity (Wildman–Crippen MR) is 263 cm³/mol. The number of allylic oxidation sites excluding steroid dienone is 3. The minimum atomic E-state index is 0.505. The topological polar surface area (TPSA) is 110 Å². The molecule has 6 heteroatoms. The summed E-state index contributed by atoms with van der Waals surface area (Å²) < 4.78 is 0. The lowest BCUT2D eigenvalue weighted by Crippen LogP contribution is -2.00. The van der Waals surface area contributed by atoms with E-state index in [1.54, 1.807) is 37.2 Å². The summed E-state index contributed by atoms with van der Waals surface area (Å²) >= 11 is 0. The smallest absolute Gasteiger partial charge is 0.100 e. The Hall–Kier alpha value is -9.54. The third kappa shape index (κ3) is 5.17. The van der Waals surface area contributed by atoms with E-state index in [1.807, 2.05) is 54.6 Å². The average Bonchev–Trinajstić information content (AvgIpc) is 3.98. The molecule has 3 heterocycles. The molecule has 0 saturated carbocycles. The lowest BCUT2D eigenvalue weighted by atomic mass is 9.81. The summed E-state index contributed by atoms with van der Waals surface area (Å²) in [6.07, 6.45) is 10.4. The Morgan fingerprint density at radius 2 is 0.515 bits per heavy atom. The minimum absolute atomic E-state index is 0.505. The Balaban J connectivity index is 1.35. The van der Waals surface area contributed by atoms with Gasteiger partial charge in [0.15, 0.2) is 0 Å². The summed E-state index contributed by atoms with van der Waals surface area (Å²) in [7, 11) is 0. The van der Waals surface area contributed by atoms with Gasteiger partial charge in [0.05, 0.1) is 16.7 Å². The zero-order valence-electron chi connectivity index (χ0n) is 35.0. The number of hydrogen-bond acceptors (Lipinski definition) is 6. The second-order valence-corrected chi connectivity index (χ2v) is 16.8. The van der Waals surface area contributed by atoms with Gasteiger partial charge in [0.25, 0.3) is 0 Å². The van der Waals surface area contributed by atoms with Crippen LogP contribution in [0.1, 0.15) is 50.1 Å². The number of fused-ring (bicyclic) bond motifs is 15. The number of rotatable bonds is 3. The van der Waals surface area contributed by atoms with Crippen LogP contribution in [0.15, 0.2) is 183 Å². The molecule has 3 aromatic heterocycles. The number of benzene rings is 7. The highest BCUT2D eigenvalue weighted by molar-refractivity contribution is 6.31. The van der Waals surface area contributed by atoms with Gasteiger partial charge in [-0.15, -0.1) is 0 Å². The molecule has 0 fully saturated rings. The van der Waals surface area contributed by atoms with E-state index in [-0.39, 0.29) is 0 Å². The molecule has 7 aromatic carbocycles. The molecule has 0 unspecified atom stereocenters. The van der Waals surface area contributed by atoms with Crippen molar-refractivity contribution in [3.05, 3.63) is 233 Å². The molecule has 0 spiro atoms. The summed E-state index contributed by atoms with van der Waals surface area (Å²) in [4.78, 5) is 13.0. The van der Waals surface area contributed by atoms with Crippen LogP contribution in [0, 0.1) is 34.0 Å². The Kier molecular flexibility index (Phi) is 8.00. The van der Waals surface area contributed by atoms with Crippen LogP contribution >= 0.6 is 0 Å². The molecule has 0 saturated heterocycles. The van der Waals surface area contributed by atoms with Crippen LogP contribution in [0.25, 0.3) is 99.1 Å². The molecule has 300 valence electrons. The first-order valence-corrected chi connectivity index (χ1v) is 21.6. The SMILES string of the molecule is N#CC(=C1c2cc3ccccc3cc2-c2c1c1c(c3c2C(=C(C#N)c2ccncc2)c2cc4ccccc4cc2-3)C(=C(C#N)c2ccncc2)c2cc3ccccc3cc2-1)c1ccncc1.